The number of esters is 1. The zero-order chi connectivity index (χ0) is 21.1. The van der Waals surface area contributed by atoms with E-state index in [4.69, 9.17) is 4.74 Å². The molecule has 0 saturated heterocycles. The van der Waals surface area contributed by atoms with Crippen molar-refractivity contribution in [2.24, 2.45) is 0 Å². The maximum absolute atomic E-state index is 13.1. The van der Waals surface area contributed by atoms with Gasteiger partial charge in [0.15, 0.2) is 0 Å². The molecule has 4 rings (SSSR count). The molecule has 0 unspecified atom stereocenters. The van der Waals surface area contributed by atoms with Gasteiger partial charge in [-0.05, 0) is 54.1 Å². The summed E-state index contributed by atoms with van der Waals surface area (Å²) in [7, 11) is -2.54. The monoisotopic (exact) mass is 421 g/mol. The SMILES string of the molecule is COC(=O)c1ccc(S(=O)(=O)n2ccc3cc(OCc4ccccc4)ccc32)cc1. The first-order chi connectivity index (χ1) is 14.5. The van der Waals surface area contributed by atoms with Crippen LogP contribution in [0, 0.1) is 0 Å². The highest BCUT2D eigenvalue weighted by molar-refractivity contribution is 7.90. The molecule has 6 nitrogen and oxygen atoms in total. The minimum Gasteiger partial charge on any atom is -0.489 e. The predicted octanol–water partition coefficient (Wildman–Crippen LogP) is 4.24. The standard InChI is InChI=1S/C23H19NO5S/c1-28-23(25)18-7-10-21(11-8-18)30(26,27)24-14-13-19-15-20(9-12-22(19)24)29-16-17-5-3-2-4-6-17/h2-15H,16H2,1H3. The lowest BCUT2D eigenvalue weighted by Gasteiger charge is -2.10. The summed E-state index contributed by atoms with van der Waals surface area (Å²) in [6.07, 6.45) is 1.51. The Morgan fingerprint density at radius 1 is 0.933 bits per heavy atom. The van der Waals surface area contributed by atoms with Gasteiger partial charge in [0.2, 0.25) is 0 Å². The van der Waals surface area contributed by atoms with Gasteiger partial charge in [-0.1, -0.05) is 30.3 Å². The van der Waals surface area contributed by atoms with E-state index in [9.17, 15) is 13.2 Å². The summed E-state index contributed by atoms with van der Waals surface area (Å²) in [5.74, 6) is 0.136. The molecule has 30 heavy (non-hydrogen) atoms. The van der Waals surface area contributed by atoms with Crippen LogP contribution in [-0.2, 0) is 21.4 Å². The highest BCUT2D eigenvalue weighted by Crippen LogP contribution is 2.26. The van der Waals surface area contributed by atoms with Crippen LogP contribution >= 0.6 is 0 Å². The number of nitrogens with zero attached hydrogens (tertiary/aromatic N) is 1. The third-order valence-electron chi connectivity index (χ3n) is 4.71. The van der Waals surface area contributed by atoms with Crippen LogP contribution < -0.4 is 4.74 Å². The lowest BCUT2D eigenvalue weighted by Crippen LogP contribution is -2.12. The molecule has 0 bridgehead atoms. The second-order valence-corrected chi connectivity index (χ2v) is 8.44. The number of carbonyl (C=O) groups is 1. The molecule has 0 aliphatic carbocycles. The van der Waals surface area contributed by atoms with Crippen molar-refractivity contribution < 1.29 is 22.7 Å². The topological polar surface area (TPSA) is 74.6 Å². The third kappa shape index (κ3) is 3.79. The maximum Gasteiger partial charge on any atom is 0.337 e. The molecular formula is C23H19NO5S. The van der Waals surface area contributed by atoms with E-state index < -0.39 is 16.0 Å². The first-order valence-corrected chi connectivity index (χ1v) is 10.6. The summed E-state index contributed by atoms with van der Waals surface area (Å²) in [5, 5.41) is 0.746. The Labute approximate surface area is 174 Å². The number of rotatable bonds is 6. The number of fused-ring (bicyclic) bond motifs is 1. The van der Waals surface area contributed by atoms with Crippen LogP contribution in [0.15, 0.2) is 90.0 Å². The van der Waals surface area contributed by atoms with Crippen molar-refractivity contribution >= 4 is 26.9 Å². The quantitative estimate of drug-likeness (QED) is 0.435. The van der Waals surface area contributed by atoms with Gasteiger partial charge in [0, 0.05) is 11.6 Å². The highest BCUT2D eigenvalue weighted by Gasteiger charge is 2.19. The van der Waals surface area contributed by atoms with Gasteiger partial charge >= 0.3 is 5.97 Å². The molecule has 0 fully saturated rings. The largest absolute Gasteiger partial charge is 0.489 e. The predicted molar refractivity (Wildman–Crippen MR) is 113 cm³/mol. The Bertz CT molecular complexity index is 1290. The van der Waals surface area contributed by atoms with Crippen molar-refractivity contribution in [3.8, 4) is 5.75 Å². The van der Waals surface area contributed by atoms with Crippen LogP contribution in [0.25, 0.3) is 10.9 Å². The summed E-state index contributed by atoms with van der Waals surface area (Å²) < 4.78 is 37.8. The van der Waals surface area contributed by atoms with Crippen LogP contribution in [0.4, 0.5) is 0 Å². The number of carbonyl (C=O) groups excluding carboxylic acids is 1. The summed E-state index contributed by atoms with van der Waals surface area (Å²) in [5.41, 5.74) is 1.88. The Morgan fingerprint density at radius 2 is 1.67 bits per heavy atom. The fourth-order valence-electron chi connectivity index (χ4n) is 3.13. The van der Waals surface area contributed by atoms with E-state index in [0.29, 0.717) is 17.9 Å². The van der Waals surface area contributed by atoms with Gasteiger partial charge in [-0.25, -0.2) is 17.2 Å². The molecule has 4 aromatic rings. The molecule has 0 aliphatic heterocycles. The lowest BCUT2D eigenvalue weighted by molar-refractivity contribution is 0.0600. The van der Waals surface area contributed by atoms with Crippen LogP contribution in [-0.4, -0.2) is 25.5 Å². The molecule has 0 N–H and O–H groups in total. The average molecular weight is 421 g/mol. The molecular weight excluding hydrogens is 402 g/mol. The Kier molecular flexibility index (Phi) is 5.29. The van der Waals surface area contributed by atoms with E-state index in [1.54, 1.807) is 18.2 Å². The van der Waals surface area contributed by atoms with E-state index >= 15 is 0 Å². The van der Waals surface area contributed by atoms with E-state index in [1.165, 1.54) is 41.5 Å². The van der Waals surface area contributed by atoms with Crippen molar-refractivity contribution in [1.82, 2.24) is 3.97 Å². The molecule has 0 aliphatic rings. The van der Waals surface area contributed by atoms with Gasteiger partial charge < -0.3 is 9.47 Å². The van der Waals surface area contributed by atoms with E-state index in [1.807, 2.05) is 36.4 Å². The van der Waals surface area contributed by atoms with Gasteiger partial charge in [0.1, 0.15) is 12.4 Å². The highest BCUT2D eigenvalue weighted by atomic mass is 32.2. The average Bonchev–Trinajstić information content (AvgIpc) is 3.22. The number of aromatic nitrogens is 1. The van der Waals surface area contributed by atoms with Crippen LogP contribution in [0.3, 0.4) is 0 Å². The van der Waals surface area contributed by atoms with Crippen LogP contribution in [0.5, 0.6) is 5.75 Å². The van der Waals surface area contributed by atoms with Gasteiger partial charge in [0.25, 0.3) is 10.0 Å². The number of ether oxygens (including phenoxy) is 2. The minimum absolute atomic E-state index is 0.0806. The number of hydrogen-bond donors (Lipinski definition) is 0. The van der Waals surface area contributed by atoms with Gasteiger partial charge in [-0.3, -0.25) is 0 Å². The Hall–Kier alpha value is -3.58. The summed E-state index contributed by atoms with van der Waals surface area (Å²) in [6.45, 7) is 0.428. The zero-order valence-electron chi connectivity index (χ0n) is 16.2. The number of benzene rings is 3. The smallest absolute Gasteiger partial charge is 0.337 e. The van der Waals surface area contributed by atoms with Crippen molar-refractivity contribution in [2.75, 3.05) is 7.11 Å². The molecule has 3 aromatic carbocycles. The lowest BCUT2D eigenvalue weighted by atomic mass is 10.2. The molecule has 152 valence electrons. The normalized spacial score (nSPS) is 11.4. The minimum atomic E-state index is -3.82. The van der Waals surface area contributed by atoms with Crippen LogP contribution in [0.2, 0.25) is 0 Å². The fraction of sp³-hybridized carbons (Fsp3) is 0.0870. The molecule has 1 aromatic heterocycles. The van der Waals surface area contributed by atoms with E-state index in [0.717, 1.165) is 10.9 Å². The molecule has 0 spiro atoms. The van der Waals surface area contributed by atoms with E-state index in [-0.39, 0.29) is 10.5 Å². The molecule has 1 heterocycles. The molecule has 0 saturated carbocycles. The third-order valence-corrected chi connectivity index (χ3v) is 6.41. The Morgan fingerprint density at radius 3 is 2.37 bits per heavy atom. The molecule has 0 radical (unpaired) electrons. The second kappa shape index (κ2) is 8.04. The zero-order valence-corrected chi connectivity index (χ0v) is 17.0. The van der Waals surface area contributed by atoms with E-state index in [2.05, 4.69) is 4.74 Å². The van der Waals surface area contributed by atoms with Gasteiger partial charge in [-0.2, -0.15) is 0 Å². The van der Waals surface area contributed by atoms with Gasteiger partial charge in [0.05, 0.1) is 23.1 Å². The molecule has 7 heteroatoms. The number of methoxy groups -OCH3 is 1. The van der Waals surface area contributed by atoms with Gasteiger partial charge in [-0.15, -0.1) is 0 Å². The summed E-state index contributed by atoms with van der Waals surface area (Å²) >= 11 is 0. The maximum atomic E-state index is 13.1. The fourth-order valence-corrected chi connectivity index (χ4v) is 4.48. The summed E-state index contributed by atoms with van der Waals surface area (Å²) in [6, 6.07) is 22.5. The van der Waals surface area contributed by atoms with Crippen molar-refractivity contribution in [1.29, 1.82) is 0 Å². The molecule has 0 amide bonds. The summed E-state index contributed by atoms with van der Waals surface area (Å²) in [4.78, 5) is 11.6. The first-order valence-electron chi connectivity index (χ1n) is 9.21. The van der Waals surface area contributed by atoms with Crippen molar-refractivity contribution in [3.63, 3.8) is 0 Å². The first kappa shape index (κ1) is 19.7. The number of hydrogen-bond acceptors (Lipinski definition) is 5. The van der Waals surface area contributed by atoms with Crippen molar-refractivity contribution in [3.05, 3.63) is 96.2 Å². The van der Waals surface area contributed by atoms with Crippen LogP contribution in [0.1, 0.15) is 15.9 Å². The molecule has 0 atom stereocenters. The second-order valence-electron chi connectivity index (χ2n) is 6.63. The van der Waals surface area contributed by atoms with Crippen molar-refractivity contribution in [2.45, 2.75) is 11.5 Å². The Balaban J connectivity index is 1.60.